The van der Waals surface area contributed by atoms with Crippen LogP contribution < -0.4 is 16.0 Å². The van der Waals surface area contributed by atoms with Crippen LogP contribution in [0.3, 0.4) is 0 Å². The van der Waals surface area contributed by atoms with Gasteiger partial charge >= 0.3 is 0 Å². The minimum Gasteiger partial charge on any atom is -0.383 e. The fourth-order valence-electron chi connectivity index (χ4n) is 2.77. The van der Waals surface area contributed by atoms with Crippen molar-refractivity contribution in [2.75, 3.05) is 30.8 Å². The number of hydrogen-bond donors (Lipinski definition) is 2. The van der Waals surface area contributed by atoms with Crippen molar-refractivity contribution in [3.05, 3.63) is 11.4 Å². The highest BCUT2D eigenvalue weighted by Gasteiger charge is 2.26. The molecule has 1 aliphatic rings. The molecule has 3 N–H and O–H groups in total. The van der Waals surface area contributed by atoms with E-state index in [9.17, 15) is 4.79 Å². The number of aromatic nitrogens is 2. The van der Waals surface area contributed by atoms with Crippen molar-refractivity contribution in [1.29, 1.82) is 0 Å². The molecular formula is C15H25N5O. The van der Waals surface area contributed by atoms with Gasteiger partial charge in [0.25, 0.3) is 0 Å². The van der Waals surface area contributed by atoms with E-state index >= 15 is 0 Å². The number of nitrogens with one attached hydrogen (secondary N) is 1. The summed E-state index contributed by atoms with van der Waals surface area (Å²) < 4.78 is 0. The first-order valence-electron chi connectivity index (χ1n) is 7.66. The first-order chi connectivity index (χ1) is 10.1. The van der Waals surface area contributed by atoms with E-state index in [2.05, 4.69) is 27.1 Å². The van der Waals surface area contributed by atoms with Crippen molar-refractivity contribution in [3.8, 4) is 0 Å². The molecule has 2 heterocycles. The lowest BCUT2D eigenvalue weighted by Gasteiger charge is -2.33. The van der Waals surface area contributed by atoms with Crippen LogP contribution in [-0.2, 0) is 11.2 Å². The van der Waals surface area contributed by atoms with Crippen LogP contribution in [0.2, 0.25) is 0 Å². The molecule has 1 aromatic heterocycles. The van der Waals surface area contributed by atoms with Crippen LogP contribution in [0.15, 0.2) is 0 Å². The summed E-state index contributed by atoms with van der Waals surface area (Å²) in [7, 11) is 1.70. The summed E-state index contributed by atoms with van der Waals surface area (Å²) in [6.07, 6.45) is 3.55. The van der Waals surface area contributed by atoms with Gasteiger partial charge in [-0.2, -0.15) is 0 Å². The Labute approximate surface area is 126 Å². The molecule has 1 amide bonds. The van der Waals surface area contributed by atoms with E-state index in [1.807, 2.05) is 6.92 Å². The molecule has 0 radical (unpaired) electrons. The number of nitrogens with two attached hydrogens (primary N) is 1. The lowest BCUT2D eigenvalue weighted by molar-refractivity contribution is -0.125. The number of carbonyl (C=O) groups is 1. The maximum atomic E-state index is 11.7. The Hall–Kier alpha value is -1.85. The Balaban J connectivity index is 2.14. The van der Waals surface area contributed by atoms with Crippen molar-refractivity contribution >= 4 is 17.5 Å². The van der Waals surface area contributed by atoms with Gasteiger partial charge in [0.1, 0.15) is 17.5 Å². The van der Waals surface area contributed by atoms with E-state index in [4.69, 9.17) is 5.73 Å². The van der Waals surface area contributed by atoms with Crippen molar-refractivity contribution < 1.29 is 4.79 Å². The second kappa shape index (κ2) is 6.74. The molecule has 116 valence electrons. The van der Waals surface area contributed by atoms with Gasteiger partial charge in [-0.15, -0.1) is 0 Å². The van der Waals surface area contributed by atoms with Crippen molar-refractivity contribution in [2.24, 2.45) is 5.92 Å². The van der Waals surface area contributed by atoms with Gasteiger partial charge in [0, 0.05) is 38.0 Å². The van der Waals surface area contributed by atoms with Gasteiger partial charge in [-0.25, -0.2) is 9.97 Å². The van der Waals surface area contributed by atoms with Crippen molar-refractivity contribution in [2.45, 2.75) is 39.5 Å². The fourth-order valence-corrected chi connectivity index (χ4v) is 2.77. The minimum absolute atomic E-state index is 0.112. The zero-order chi connectivity index (χ0) is 15.4. The van der Waals surface area contributed by atoms with Crippen molar-refractivity contribution in [1.82, 2.24) is 15.3 Å². The van der Waals surface area contributed by atoms with Crippen molar-refractivity contribution in [3.63, 3.8) is 0 Å². The van der Waals surface area contributed by atoms with Gasteiger partial charge in [-0.05, 0) is 26.2 Å². The fraction of sp³-hybridized carbons (Fsp3) is 0.667. The zero-order valence-electron chi connectivity index (χ0n) is 13.1. The van der Waals surface area contributed by atoms with E-state index in [0.717, 1.165) is 56.0 Å². The first-order valence-corrected chi connectivity index (χ1v) is 7.66. The summed E-state index contributed by atoms with van der Waals surface area (Å²) in [5.41, 5.74) is 6.95. The molecule has 1 saturated heterocycles. The molecule has 0 unspecified atom stereocenters. The van der Waals surface area contributed by atoms with Crippen LogP contribution in [0, 0.1) is 12.8 Å². The maximum absolute atomic E-state index is 11.7. The maximum Gasteiger partial charge on any atom is 0.222 e. The summed E-state index contributed by atoms with van der Waals surface area (Å²) in [4.78, 5) is 22.9. The Morgan fingerprint density at radius 1 is 1.38 bits per heavy atom. The highest BCUT2D eigenvalue weighted by molar-refractivity contribution is 5.78. The molecule has 0 aliphatic carbocycles. The molecule has 21 heavy (non-hydrogen) atoms. The SMILES string of the molecule is CCCc1nc(N)c(C)c(N2CCC(C(=O)NC)CC2)n1. The predicted octanol–water partition coefficient (Wildman–Crippen LogP) is 1.28. The number of nitrogens with zero attached hydrogens (tertiary/aromatic N) is 3. The molecule has 0 saturated carbocycles. The molecule has 0 atom stereocenters. The van der Waals surface area contributed by atoms with Crippen LogP contribution in [0.1, 0.15) is 37.6 Å². The topological polar surface area (TPSA) is 84.1 Å². The monoisotopic (exact) mass is 291 g/mol. The number of carbonyl (C=O) groups excluding carboxylic acids is 1. The number of anilines is 2. The third-order valence-corrected chi connectivity index (χ3v) is 4.09. The summed E-state index contributed by atoms with van der Waals surface area (Å²) in [6, 6.07) is 0. The minimum atomic E-state index is 0.112. The number of rotatable bonds is 4. The summed E-state index contributed by atoms with van der Waals surface area (Å²) in [5.74, 6) is 2.56. The largest absolute Gasteiger partial charge is 0.383 e. The average Bonchev–Trinajstić information content (AvgIpc) is 2.50. The Morgan fingerprint density at radius 3 is 2.62 bits per heavy atom. The number of aryl methyl sites for hydroxylation is 1. The molecule has 2 rings (SSSR count). The molecular weight excluding hydrogens is 266 g/mol. The van der Waals surface area contributed by atoms with Crippen LogP contribution in [0.5, 0.6) is 0 Å². The van der Waals surface area contributed by atoms with Crippen LogP contribution >= 0.6 is 0 Å². The van der Waals surface area contributed by atoms with Crippen LogP contribution in [0.4, 0.5) is 11.6 Å². The molecule has 0 spiro atoms. The van der Waals surface area contributed by atoms with E-state index in [0.29, 0.717) is 5.82 Å². The lowest BCUT2D eigenvalue weighted by atomic mass is 9.96. The van der Waals surface area contributed by atoms with Gasteiger partial charge in [-0.3, -0.25) is 4.79 Å². The van der Waals surface area contributed by atoms with Crippen LogP contribution in [-0.4, -0.2) is 36.0 Å². The molecule has 1 fully saturated rings. The van der Waals surface area contributed by atoms with E-state index < -0.39 is 0 Å². The van der Waals surface area contributed by atoms with Gasteiger partial charge in [0.15, 0.2) is 0 Å². The molecule has 1 aromatic rings. The van der Waals surface area contributed by atoms with E-state index in [1.54, 1.807) is 7.05 Å². The first kappa shape index (κ1) is 15.5. The van der Waals surface area contributed by atoms with E-state index in [-0.39, 0.29) is 11.8 Å². The molecule has 0 bridgehead atoms. The quantitative estimate of drug-likeness (QED) is 0.873. The summed E-state index contributed by atoms with van der Waals surface area (Å²) in [6.45, 7) is 5.74. The van der Waals surface area contributed by atoms with Gasteiger partial charge < -0.3 is 16.0 Å². The normalized spacial score (nSPS) is 16.0. The molecule has 1 aliphatic heterocycles. The van der Waals surface area contributed by atoms with Gasteiger partial charge in [0.2, 0.25) is 5.91 Å². The smallest absolute Gasteiger partial charge is 0.222 e. The Morgan fingerprint density at radius 2 is 2.05 bits per heavy atom. The highest BCUT2D eigenvalue weighted by atomic mass is 16.1. The Kier molecular flexibility index (Phi) is 4.98. The van der Waals surface area contributed by atoms with E-state index in [1.165, 1.54) is 0 Å². The van der Waals surface area contributed by atoms with Crippen LogP contribution in [0.25, 0.3) is 0 Å². The Bertz CT molecular complexity index is 509. The predicted molar refractivity (Wildman–Crippen MR) is 84.2 cm³/mol. The molecule has 6 heteroatoms. The summed E-state index contributed by atoms with van der Waals surface area (Å²) in [5, 5.41) is 2.73. The average molecular weight is 291 g/mol. The molecule has 6 nitrogen and oxygen atoms in total. The number of hydrogen-bond acceptors (Lipinski definition) is 5. The third kappa shape index (κ3) is 3.43. The van der Waals surface area contributed by atoms with Gasteiger partial charge in [-0.1, -0.05) is 6.92 Å². The summed E-state index contributed by atoms with van der Waals surface area (Å²) >= 11 is 0. The number of amides is 1. The van der Waals surface area contributed by atoms with Gasteiger partial charge in [0.05, 0.1) is 0 Å². The second-order valence-corrected chi connectivity index (χ2v) is 5.60. The number of nitrogen functional groups attached to an aromatic ring is 1. The third-order valence-electron chi connectivity index (χ3n) is 4.09. The second-order valence-electron chi connectivity index (χ2n) is 5.60. The molecule has 0 aromatic carbocycles. The highest BCUT2D eigenvalue weighted by Crippen LogP contribution is 2.27. The lowest BCUT2D eigenvalue weighted by Crippen LogP contribution is -2.40. The zero-order valence-corrected chi connectivity index (χ0v) is 13.1. The standard InChI is InChI=1S/C15H25N5O/c1-4-5-12-18-13(16)10(2)14(19-12)20-8-6-11(7-9-20)15(21)17-3/h11H,4-9H2,1-3H3,(H,17,21)(H2,16,18,19). The number of piperidine rings is 1.